The van der Waals surface area contributed by atoms with Gasteiger partial charge in [0.25, 0.3) is 0 Å². The van der Waals surface area contributed by atoms with Crippen LogP contribution in [-0.2, 0) is 14.3 Å². The smallest absolute Gasteiger partial charge is 0.307 e. The second-order valence-electron chi connectivity index (χ2n) is 5.31. The van der Waals surface area contributed by atoms with Gasteiger partial charge in [-0.1, -0.05) is 12.1 Å². The number of carboxylic acids is 1. The van der Waals surface area contributed by atoms with Crippen LogP contribution in [0.3, 0.4) is 0 Å². The third kappa shape index (κ3) is 3.98. The zero-order valence-corrected chi connectivity index (χ0v) is 12.6. The summed E-state index contributed by atoms with van der Waals surface area (Å²) in [7, 11) is 1.63. The van der Waals surface area contributed by atoms with Crippen LogP contribution in [0.1, 0.15) is 19.3 Å². The SMILES string of the molecule is COCCCOc1ccccc1NC(=O)C1CCC1C(=O)O. The summed E-state index contributed by atoms with van der Waals surface area (Å²) in [6, 6.07) is 7.15. The lowest BCUT2D eigenvalue weighted by Gasteiger charge is -2.32. The Kier molecular flexibility index (Phi) is 5.77. The van der Waals surface area contributed by atoms with E-state index in [0.717, 1.165) is 6.42 Å². The molecule has 1 fully saturated rings. The minimum Gasteiger partial charge on any atom is -0.491 e. The van der Waals surface area contributed by atoms with E-state index >= 15 is 0 Å². The minimum atomic E-state index is -0.907. The lowest BCUT2D eigenvalue weighted by atomic mass is 9.73. The van der Waals surface area contributed by atoms with E-state index in [0.29, 0.717) is 37.5 Å². The molecule has 1 aliphatic carbocycles. The van der Waals surface area contributed by atoms with Crippen molar-refractivity contribution in [2.24, 2.45) is 11.8 Å². The summed E-state index contributed by atoms with van der Waals surface area (Å²) in [5.41, 5.74) is 0.570. The van der Waals surface area contributed by atoms with E-state index < -0.39 is 17.8 Å². The minimum absolute atomic E-state index is 0.258. The van der Waals surface area contributed by atoms with Gasteiger partial charge in [-0.2, -0.15) is 0 Å². The maximum absolute atomic E-state index is 12.2. The number of ether oxygens (including phenoxy) is 2. The molecule has 0 saturated heterocycles. The fourth-order valence-corrected chi connectivity index (χ4v) is 2.42. The van der Waals surface area contributed by atoms with Crippen LogP contribution in [0.15, 0.2) is 24.3 Å². The first-order chi connectivity index (χ1) is 10.6. The van der Waals surface area contributed by atoms with Crippen molar-refractivity contribution in [2.45, 2.75) is 19.3 Å². The van der Waals surface area contributed by atoms with E-state index in [1.165, 1.54) is 0 Å². The summed E-state index contributed by atoms with van der Waals surface area (Å²) in [6.45, 7) is 1.10. The van der Waals surface area contributed by atoms with E-state index in [-0.39, 0.29) is 5.91 Å². The number of carbonyl (C=O) groups is 2. The average Bonchev–Trinajstić information content (AvgIpc) is 2.43. The Morgan fingerprint density at radius 1 is 1.23 bits per heavy atom. The molecule has 2 N–H and O–H groups in total. The number of rotatable bonds is 8. The van der Waals surface area contributed by atoms with E-state index in [1.807, 2.05) is 6.07 Å². The highest BCUT2D eigenvalue weighted by Gasteiger charge is 2.41. The van der Waals surface area contributed by atoms with Gasteiger partial charge in [0, 0.05) is 20.1 Å². The van der Waals surface area contributed by atoms with Gasteiger partial charge in [0.2, 0.25) is 5.91 Å². The Hall–Kier alpha value is -2.08. The van der Waals surface area contributed by atoms with Crippen LogP contribution < -0.4 is 10.1 Å². The summed E-state index contributed by atoms with van der Waals surface area (Å²) in [5, 5.41) is 11.8. The summed E-state index contributed by atoms with van der Waals surface area (Å²) in [4.78, 5) is 23.2. The number of para-hydroxylation sites is 2. The van der Waals surface area contributed by atoms with E-state index in [9.17, 15) is 9.59 Å². The zero-order valence-electron chi connectivity index (χ0n) is 12.6. The number of anilines is 1. The molecule has 2 rings (SSSR count). The molecule has 0 aliphatic heterocycles. The van der Waals surface area contributed by atoms with E-state index in [4.69, 9.17) is 14.6 Å². The van der Waals surface area contributed by atoms with Crippen molar-refractivity contribution in [1.29, 1.82) is 0 Å². The van der Waals surface area contributed by atoms with Gasteiger partial charge in [0.1, 0.15) is 5.75 Å². The molecule has 22 heavy (non-hydrogen) atoms. The van der Waals surface area contributed by atoms with Crippen LogP contribution >= 0.6 is 0 Å². The van der Waals surface area contributed by atoms with Crippen LogP contribution in [0.2, 0.25) is 0 Å². The van der Waals surface area contributed by atoms with Crippen LogP contribution in [-0.4, -0.2) is 37.3 Å². The molecule has 0 heterocycles. The van der Waals surface area contributed by atoms with E-state index in [1.54, 1.807) is 25.3 Å². The van der Waals surface area contributed by atoms with E-state index in [2.05, 4.69) is 5.32 Å². The summed E-state index contributed by atoms with van der Waals surface area (Å²) in [6.07, 6.45) is 1.92. The normalized spacial score (nSPS) is 20.0. The Bertz CT molecular complexity index is 531. The second kappa shape index (κ2) is 7.79. The van der Waals surface area contributed by atoms with Gasteiger partial charge in [-0.3, -0.25) is 9.59 Å². The molecule has 120 valence electrons. The van der Waals surface area contributed by atoms with Crippen LogP contribution in [0.5, 0.6) is 5.75 Å². The van der Waals surface area contributed by atoms with Crippen molar-refractivity contribution in [2.75, 3.05) is 25.6 Å². The first kappa shape index (κ1) is 16.3. The van der Waals surface area contributed by atoms with Crippen molar-refractivity contribution in [1.82, 2.24) is 0 Å². The quantitative estimate of drug-likeness (QED) is 0.719. The predicted octanol–water partition coefficient (Wildman–Crippen LogP) is 2.15. The molecule has 2 atom stereocenters. The van der Waals surface area contributed by atoms with Crippen LogP contribution in [0.25, 0.3) is 0 Å². The number of hydrogen-bond acceptors (Lipinski definition) is 4. The lowest BCUT2D eigenvalue weighted by Crippen LogP contribution is -2.41. The first-order valence-electron chi connectivity index (χ1n) is 7.38. The molecule has 1 aromatic rings. The maximum atomic E-state index is 12.2. The lowest BCUT2D eigenvalue weighted by molar-refractivity contribution is -0.151. The third-order valence-electron chi connectivity index (χ3n) is 3.82. The van der Waals surface area contributed by atoms with Crippen molar-refractivity contribution in [3.63, 3.8) is 0 Å². The molecular weight excluding hydrogens is 286 g/mol. The van der Waals surface area contributed by atoms with Gasteiger partial charge >= 0.3 is 5.97 Å². The Labute approximate surface area is 129 Å². The van der Waals surface area contributed by atoms with Gasteiger partial charge < -0.3 is 19.9 Å². The highest BCUT2D eigenvalue weighted by molar-refractivity contribution is 5.97. The number of nitrogens with one attached hydrogen (secondary N) is 1. The average molecular weight is 307 g/mol. The van der Waals surface area contributed by atoms with Gasteiger partial charge in [-0.15, -0.1) is 0 Å². The number of aliphatic carboxylic acids is 1. The molecule has 6 nitrogen and oxygen atoms in total. The largest absolute Gasteiger partial charge is 0.491 e. The second-order valence-corrected chi connectivity index (χ2v) is 5.31. The number of hydrogen-bond donors (Lipinski definition) is 2. The zero-order chi connectivity index (χ0) is 15.9. The Morgan fingerprint density at radius 2 is 1.95 bits per heavy atom. The third-order valence-corrected chi connectivity index (χ3v) is 3.82. The molecule has 1 aliphatic rings. The number of carboxylic acid groups (broad SMARTS) is 1. The molecule has 1 saturated carbocycles. The Morgan fingerprint density at radius 3 is 2.59 bits per heavy atom. The first-order valence-corrected chi connectivity index (χ1v) is 7.38. The van der Waals surface area contributed by atoms with Crippen molar-refractivity contribution in [3.8, 4) is 5.75 Å². The molecule has 6 heteroatoms. The number of methoxy groups -OCH3 is 1. The predicted molar refractivity (Wildman–Crippen MR) is 80.9 cm³/mol. The summed E-state index contributed by atoms with van der Waals surface area (Å²) >= 11 is 0. The maximum Gasteiger partial charge on any atom is 0.307 e. The highest BCUT2D eigenvalue weighted by atomic mass is 16.5. The number of amides is 1. The topological polar surface area (TPSA) is 84.9 Å². The molecule has 0 aromatic heterocycles. The van der Waals surface area contributed by atoms with Crippen LogP contribution in [0, 0.1) is 11.8 Å². The fourth-order valence-electron chi connectivity index (χ4n) is 2.42. The molecular formula is C16H21NO5. The standard InChI is InChI=1S/C16H21NO5/c1-21-9-4-10-22-14-6-3-2-5-13(14)17-15(18)11-7-8-12(11)16(19)20/h2-3,5-6,11-12H,4,7-10H2,1H3,(H,17,18)(H,19,20). The van der Waals surface area contributed by atoms with Crippen molar-refractivity contribution in [3.05, 3.63) is 24.3 Å². The molecule has 1 amide bonds. The van der Waals surface area contributed by atoms with Gasteiger partial charge in [-0.05, 0) is 25.0 Å². The molecule has 1 aromatic carbocycles. The summed E-state index contributed by atoms with van der Waals surface area (Å²) < 4.78 is 10.6. The van der Waals surface area contributed by atoms with Gasteiger partial charge in [0.15, 0.2) is 0 Å². The van der Waals surface area contributed by atoms with Gasteiger partial charge in [0.05, 0.1) is 24.1 Å². The number of benzene rings is 1. The molecule has 0 radical (unpaired) electrons. The monoisotopic (exact) mass is 307 g/mol. The van der Waals surface area contributed by atoms with Crippen LogP contribution in [0.4, 0.5) is 5.69 Å². The number of carbonyl (C=O) groups excluding carboxylic acids is 1. The fraction of sp³-hybridized carbons (Fsp3) is 0.500. The van der Waals surface area contributed by atoms with Crippen molar-refractivity contribution < 1.29 is 24.2 Å². The highest BCUT2D eigenvalue weighted by Crippen LogP contribution is 2.36. The molecule has 0 spiro atoms. The van der Waals surface area contributed by atoms with Crippen molar-refractivity contribution >= 4 is 17.6 Å². The van der Waals surface area contributed by atoms with Gasteiger partial charge in [-0.25, -0.2) is 0 Å². The summed E-state index contributed by atoms with van der Waals surface area (Å²) in [5.74, 6) is -1.62. The molecule has 0 bridgehead atoms. The molecule has 2 unspecified atom stereocenters. The Balaban J connectivity index is 1.94.